The van der Waals surface area contributed by atoms with Crippen LogP contribution < -0.4 is 0 Å². The Balaban J connectivity index is 3.21. The zero-order valence-corrected chi connectivity index (χ0v) is 18.0. The van der Waals surface area contributed by atoms with Crippen molar-refractivity contribution in [1.29, 1.82) is 0 Å². The normalized spacial score (nSPS) is 12.4. The molecule has 0 spiro atoms. The number of alkyl halides is 1. The molecule has 0 saturated carbocycles. The second-order valence-electron chi connectivity index (χ2n) is 6.27. The molecular weight excluding hydrogens is 404 g/mol. The Morgan fingerprint density at radius 2 is 1.39 bits per heavy atom. The first kappa shape index (κ1) is 23.3. The summed E-state index contributed by atoms with van der Waals surface area (Å²) in [5, 5.41) is 0. The molecule has 0 heterocycles. The number of halogens is 2. The van der Waals surface area contributed by atoms with Gasteiger partial charge in [-0.1, -0.05) is 29.0 Å². The van der Waals surface area contributed by atoms with Crippen molar-refractivity contribution in [2.45, 2.75) is 43.7 Å². The fourth-order valence-electron chi connectivity index (χ4n) is 1.50. The molecule has 5 nitrogen and oxygen atoms in total. The number of hydrogen-bond acceptors (Lipinski definition) is 5. The van der Waals surface area contributed by atoms with E-state index in [0.29, 0.717) is 33.0 Å². The summed E-state index contributed by atoms with van der Waals surface area (Å²) in [6.45, 7) is 11.2. The standard InChI is InChI=1S/C15H30BrClO5Si/c1-15(2,16)14(18)22-12-11-21-10-9-20-8-7-19-6-5-13-23(3,4)17/h5-13H2,1-4H3. The van der Waals surface area contributed by atoms with Crippen LogP contribution in [0.1, 0.15) is 20.3 Å². The molecule has 0 aliphatic rings. The molecule has 8 heteroatoms. The highest BCUT2D eigenvalue weighted by molar-refractivity contribution is 9.10. The first-order chi connectivity index (χ1) is 10.6. The second kappa shape index (κ2) is 12.7. The molecule has 23 heavy (non-hydrogen) atoms. The molecule has 0 unspecified atom stereocenters. The third-order valence-corrected chi connectivity index (χ3v) is 5.18. The van der Waals surface area contributed by atoms with E-state index in [4.69, 9.17) is 30.0 Å². The Kier molecular flexibility index (Phi) is 12.8. The van der Waals surface area contributed by atoms with E-state index in [2.05, 4.69) is 29.0 Å². The van der Waals surface area contributed by atoms with Crippen LogP contribution in [0, 0.1) is 0 Å². The molecule has 0 aliphatic carbocycles. The van der Waals surface area contributed by atoms with Crippen molar-refractivity contribution in [3.63, 3.8) is 0 Å². The Morgan fingerprint density at radius 1 is 0.957 bits per heavy atom. The maximum absolute atomic E-state index is 11.4. The van der Waals surface area contributed by atoms with Crippen molar-refractivity contribution in [3.05, 3.63) is 0 Å². The zero-order valence-electron chi connectivity index (χ0n) is 14.7. The summed E-state index contributed by atoms with van der Waals surface area (Å²) in [4.78, 5) is 11.4. The summed E-state index contributed by atoms with van der Waals surface area (Å²) in [5.74, 6) is -0.297. The number of rotatable bonds is 14. The lowest BCUT2D eigenvalue weighted by Gasteiger charge is -2.14. The minimum absolute atomic E-state index is 0.247. The summed E-state index contributed by atoms with van der Waals surface area (Å²) >= 11 is 9.46. The van der Waals surface area contributed by atoms with Crippen LogP contribution in [0.5, 0.6) is 0 Å². The van der Waals surface area contributed by atoms with Crippen LogP contribution in [0.25, 0.3) is 0 Å². The Labute approximate surface area is 154 Å². The van der Waals surface area contributed by atoms with Crippen molar-refractivity contribution < 1.29 is 23.7 Å². The van der Waals surface area contributed by atoms with Crippen molar-refractivity contribution >= 4 is 40.4 Å². The first-order valence-corrected chi connectivity index (χ1v) is 12.9. The molecule has 0 aromatic rings. The van der Waals surface area contributed by atoms with E-state index in [1.54, 1.807) is 13.8 Å². The summed E-state index contributed by atoms with van der Waals surface area (Å²) in [7, 11) is -1.46. The molecule has 0 aromatic heterocycles. The molecule has 0 aromatic carbocycles. The van der Waals surface area contributed by atoms with Crippen LogP contribution in [0.3, 0.4) is 0 Å². The largest absolute Gasteiger partial charge is 0.462 e. The number of hydrogen-bond donors (Lipinski definition) is 0. The quantitative estimate of drug-likeness (QED) is 0.138. The van der Waals surface area contributed by atoms with E-state index >= 15 is 0 Å². The van der Waals surface area contributed by atoms with E-state index in [1.807, 2.05) is 0 Å². The fraction of sp³-hybridized carbons (Fsp3) is 0.933. The third kappa shape index (κ3) is 17.0. The molecule has 0 fully saturated rings. The van der Waals surface area contributed by atoms with Crippen molar-refractivity contribution in [1.82, 2.24) is 0 Å². The highest BCUT2D eigenvalue weighted by Gasteiger charge is 2.25. The van der Waals surface area contributed by atoms with Gasteiger partial charge in [0.25, 0.3) is 0 Å². The number of carbonyl (C=O) groups is 1. The van der Waals surface area contributed by atoms with E-state index < -0.39 is 11.7 Å². The molecule has 0 saturated heterocycles. The SMILES string of the molecule is CC(C)(Br)C(=O)OCCOCCOCCOCCC[Si](C)(C)Cl. The second-order valence-corrected chi connectivity index (χ2v) is 15.3. The Hall–Kier alpha value is 0.337. The molecular formula is C15H30BrClO5Si. The van der Waals surface area contributed by atoms with Crippen LogP contribution in [-0.4, -0.2) is 63.9 Å². The maximum Gasteiger partial charge on any atom is 0.322 e. The summed E-state index contributed by atoms with van der Waals surface area (Å²) in [6, 6.07) is 1.07. The van der Waals surface area contributed by atoms with Crippen LogP contribution in [-0.2, 0) is 23.7 Å². The molecule has 0 bridgehead atoms. The van der Waals surface area contributed by atoms with Gasteiger partial charge in [0.05, 0.1) is 33.0 Å². The molecule has 138 valence electrons. The number of ether oxygens (including phenoxy) is 4. The summed E-state index contributed by atoms with van der Waals surface area (Å²) < 4.78 is 20.5. The molecule has 0 rings (SSSR count). The Morgan fingerprint density at radius 3 is 1.83 bits per heavy atom. The average molecular weight is 434 g/mol. The maximum atomic E-state index is 11.4. The van der Waals surface area contributed by atoms with Crippen LogP contribution >= 0.6 is 27.0 Å². The van der Waals surface area contributed by atoms with Gasteiger partial charge in [0.2, 0.25) is 0 Å². The lowest BCUT2D eigenvalue weighted by Crippen LogP contribution is -2.27. The average Bonchev–Trinajstić information content (AvgIpc) is 2.41. The molecule has 0 aliphatic heterocycles. The smallest absolute Gasteiger partial charge is 0.322 e. The minimum atomic E-state index is -1.46. The molecule has 0 radical (unpaired) electrons. The number of carbonyl (C=O) groups excluding carboxylic acids is 1. The fourth-order valence-corrected chi connectivity index (χ4v) is 3.00. The topological polar surface area (TPSA) is 54.0 Å². The van der Waals surface area contributed by atoms with E-state index in [0.717, 1.165) is 19.1 Å². The van der Waals surface area contributed by atoms with Gasteiger partial charge in [0, 0.05) is 6.61 Å². The van der Waals surface area contributed by atoms with Crippen LogP contribution in [0.4, 0.5) is 0 Å². The van der Waals surface area contributed by atoms with Crippen molar-refractivity contribution in [2.24, 2.45) is 0 Å². The van der Waals surface area contributed by atoms with Gasteiger partial charge in [0.1, 0.15) is 10.9 Å². The molecule has 0 amide bonds. The zero-order chi connectivity index (χ0) is 17.8. The number of esters is 1. The predicted octanol–water partition coefficient (Wildman–Crippen LogP) is 3.59. The lowest BCUT2D eigenvalue weighted by atomic mass is 10.2. The third-order valence-electron chi connectivity index (χ3n) is 2.75. The van der Waals surface area contributed by atoms with Crippen molar-refractivity contribution in [3.8, 4) is 0 Å². The lowest BCUT2D eigenvalue weighted by molar-refractivity contribution is -0.147. The van der Waals surface area contributed by atoms with Gasteiger partial charge >= 0.3 is 5.97 Å². The monoisotopic (exact) mass is 432 g/mol. The van der Waals surface area contributed by atoms with Gasteiger partial charge in [-0.15, -0.1) is 0 Å². The van der Waals surface area contributed by atoms with Gasteiger partial charge in [-0.05, 0) is 26.3 Å². The Bertz CT molecular complexity index is 318. The highest BCUT2D eigenvalue weighted by atomic mass is 79.9. The van der Waals surface area contributed by atoms with Crippen LogP contribution in [0.15, 0.2) is 0 Å². The summed E-state index contributed by atoms with van der Waals surface area (Å²) in [5.41, 5.74) is 0. The highest BCUT2D eigenvalue weighted by Crippen LogP contribution is 2.17. The minimum Gasteiger partial charge on any atom is -0.462 e. The van der Waals surface area contributed by atoms with Gasteiger partial charge in [-0.3, -0.25) is 4.79 Å². The van der Waals surface area contributed by atoms with Crippen LogP contribution in [0.2, 0.25) is 19.1 Å². The summed E-state index contributed by atoms with van der Waals surface area (Å²) in [6.07, 6.45) is 1.01. The molecule has 0 atom stereocenters. The van der Waals surface area contributed by atoms with Gasteiger partial charge in [0.15, 0.2) is 7.38 Å². The van der Waals surface area contributed by atoms with E-state index in [-0.39, 0.29) is 12.6 Å². The van der Waals surface area contributed by atoms with E-state index in [1.165, 1.54) is 0 Å². The molecule has 0 N–H and O–H groups in total. The van der Waals surface area contributed by atoms with E-state index in [9.17, 15) is 4.79 Å². The van der Waals surface area contributed by atoms with Gasteiger partial charge < -0.3 is 18.9 Å². The predicted molar refractivity (Wildman–Crippen MR) is 99.2 cm³/mol. The van der Waals surface area contributed by atoms with Gasteiger partial charge in [-0.25, -0.2) is 0 Å². The first-order valence-electron chi connectivity index (χ1n) is 7.91. The van der Waals surface area contributed by atoms with Crippen molar-refractivity contribution in [2.75, 3.05) is 46.2 Å². The van der Waals surface area contributed by atoms with Gasteiger partial charge in [-0.2, -0.15) is 11.1 Å².